The number of carbonyl (C=O) groups is 2. The Balaban J connectivity index is 1.23. The molecule has 2 amide bonds. The maximum atomic E-state index is 13.5. The van der Waals surface area contributed by atoms with Crippen molar-refractivity contribution in [1.82, 2.24) is 10.6 Å². The van der Waals surface area contributed by atoms with Crippen molar-refractivity contribution in [3.63, 3.8) is 0 Å². The van der Waals surface area contributed by atoms with Gasteiger partial charge >= 0.3 is 0 Å². The standard InChI is InChI=1S/C26H42N2O2/c29-23(27-16-19-7-3-1-4-8-19)25-12-21-11-22(13-25)15-26(14-21,18-25)24(30)28-17-20-9-5-2-6-10-20/h19-22H,1-18H2,(H,27,29)(H,28,30). The molecule has 4 heteroatoms. The lowest BCUT2D eigenvalue weighted by atomic mass is 9.43. The molecule has 2 N–H and O–H groups in total. The van der Waals surface area contributed by atoms with E-state index in [2.05, 4.69) is 10.6 Å². The van der Waals surface area contributed by atoms with E-state index < -0.39 is 0 Å². The van der Waals surface area contributed by atoms with Crippen LogP contribution in [0.3, 0.4) is 0 Å². The molecule has 168 valence electrons. The Bertz CT molecular complexity index is 581. The lowest BCUT2D eigenvalue weighted by molar-refractivity contribution is -0.167. The van der Waals surface area contributed by atoms with Crippen molar-refractivity contribution in [1.29, 1.82) is 0 Å². The van der Waals surface area contributed by atoms with Gasteiger partial charge < -0.3 is 10.6 Å². The molecule has 0 atom stereocenters. The lowest BCUT2D eigenvalue weighted by Gasteiger charge is -2.60. The van der Waals surface area contributed by atoms with Gasteiger partial charge in [-0.15, -0.1) is 0 Å². The molecule has 6 aliphatic rings. The van der Waals surface area contributed by atoms with Crippen molar-refractivity contribution in [2.24, 2.45) is 34.5 Å². The van der Waals surface area contributed by atoms with Crippen LogP contribution in [0.15, 0.2) is 0 Å². The second-order valence-electron chi connectivity index (χ2n) is 11.9. The number of carbonyl (C=O) groups excluding carboxylic acids is 2. The molecule has 0 heterocycles. The van der Waals surface area contributed by atoms with E-state index in [0.29, 0.717) is 23.7 Å². The largest absolute Gasteiger partial charge is 0.355 e. The Morgan fingerprint density at radius 1 is 0.633 bits per heavy atom. The summed E-state index contributed by atoms with van der Waals surface area (Å²) in [5.74, 6) is 3.06. The van der Waals surface area contributed by atoms with Gasteiger partial charge in [0.05, 0.1) is 10.8 Å². The van der Waals surface area contributed by atoms with E-state index in [1.165, 1.54) is 70.6 Å². The molecule has 0 radical (unpaired) electrons. The Kier molecular flexibility index (Phi) is 5.88. The van der Waals surface area contributed by atoms with Gasteiger partial charge in [0.25, 0.3) is 0 Å². The quantitative estimate of drug-likeness (QED) is 0.645. The molecule has 6 aliphatic carbocycles. The van der Waals surface area contributed by atoms with Crippen molar-refractivity contribution in [2.45, 2.75) is 103 Å². The van der Waals surface area contributed by atoms with Crippen LogP contribution in [0.25, 0.3) is 0 Å². The Morgan fingerprint density at radius 3 is 1.43 bits per heavy atom. The summed E-state index contributed by atoms with van der Waals surface area (Å²) in [6.45, 7) is 1.72. The van der Waals surface area contributed by atoms with Gasteiger partial charge in [-0.05, 0) is 87.9 Å². The van der Waals surface area contributed by atoms with Crippen LogP contribution in [0.2, 0.25) is 0 Å². The molecule has 30 heavy (non-hydrogen) atoms. The number of hydrogen-bond acceptors (Lipinski definition) is 2. The molecule has 6 saturated carbocycles. The van der Waals surface area contributed by atoms with Crippen LogP contribution >= 0.6 is 0 Å². The van der Waals surface area contributed by atoms with Gasteiger partial charge in [-0.3, -0.25) is 9.59 Å². The van der Waals surface area contributed by atoms with Gasteiger partial charge in [0, 0.05) is 13.1 Å². The smallest absolute Gasteiger partial charge is 0.226 e. The first-order chi connectivity index (χ1) is 14.6. The Morgan fingerprint density at radius 2 is 1.03 bits per heavy atom. The fourth-order valence-corrected chi connectivity index (χ4v) is 8.43. The summed E-state index contributed by atoms with van der Waals surface area (Å²) in [4.78, 5) is 26.9. The van der Waals surface area contributed by atoms with Gasteiger partial charge in [0.1, 0.15) is 0 Å². The molecule has 0 aromatic heterocycles. The molecule has 0 saturated heterocycles. The summed E-state index contributed by atoms with van der Waals surface area (Å²) in [7, 11) is 0. The SMILES string of the molecule is O=C(NCC1CCCCC1)C12CC3CC(C1)CC(C(=O)NCC1CCCCC1)(C3)C2. The maximum absolute atomic E-state index is 13.5. The molecule has 6 rings (SSSR count). The topological polar surface area (TPSA) is 58.2 Å². The second kappa shape index (κ2) is 8.47. The van der Waals surface area contributed by atoms with E-state index in [4.69, 9.17) is 0 Å². The highest BCUT2D eigenvalue weighted by Gasteiger charge is 2.63. The van der Waals surface area contributed by atoms with Gasteiger partial charge in [-0.25, -0.2) is 0 Å². The van der Waals surface area contributed by atoms with Crippen molar-refractivity contribution < 1.29 is 9.59 Å². The third-order valence-electron chi connectivity index (χ3n) is 9.58. The predicted molar refractivity (Wildman–Crippen MR) is 119 cm³/mol. The highest BCUT2D eigenvalue weighted by Crippen LogP contribution is 2.65. The van der Waals surface area contributed by atoms with Gasteiger partial charge in [-0.1, -0.05) is 38.5 Å². The van der Waals surface area contributed by atoms with Crippen molar-refractivity contribution in [2.75, 3.05) is 13.1 Å². The van der Waals surface area contributed by atoms with Crippen LogP contribution in [0.1, 0.15) is 103 Å². The summed E-state index contributed by atoms with van der Waals surface area (Å²) in [5, 5.41) is 6.76. The average molecular weight is 415 g/mol. The van der Waals surface area contributed by atoms with Gasteiger partial charge in [0.15, 0.2) is 0 Å². The van der Waals surface area contributed by atoms with Crippen LogP contribution in [0.5, 0.6) is 0 Å². The molecule has 0 unspecified atom stereocenters. The van der Waals surface area contributed by atoms with Crippen molar-refractivity contribution >= 4 is 11.8 Å². The van der Waals surface area contributed by atoms with E-state index in [1.54, 1.807) is 0 Å². The van der Waals surface area contributed by atoms with Crippen LogP contribution in [-0.4, -0.2) is 24.9 Å². The van der Waals surface area contributed by atoms with E-state index in [0.717, 1.165) is 45.2 Å². The van der Waals surface area contributed by atoms with E-state index in [9.17, 15) is 9.59 Å². The van der Waals surface area contributed by atoms with Crippen LogP contribution in [-0.2, 0) is 9.59 Å². The molecule has 0 spiro atoms. The van der Waals surface area contributed by atoms with Crippen molar-refractivity contribution in [3.8, 4) is 0 Å². The monoisotopic (exact) mass is 414 g/mol. The van der Waals surface area contributed by atoms with Crippen LogP contribution in [0, 0.1) is 34.5 Å². The van der Waals surface area contributed by atoms with Crippen LogP contribution < -0.4 is 10.6 Å². The Labute approximate surface area is 182 Å². The molecule has 0 aromatic rings. The first-order valence-corrected chi connectivity index (χ1v) is 13.1. The molecular weight excluding hydrogens is 372 g/mol. The molecule has 0 aliphatic heterocycles. The zero-order valence-electron chi connectivity index (χ0n) is 18.9. The first-order valence-electron chi connectivity index (χ1n) is 13.1. The third-order valence-corrected chi connectivity index (χ3v) is 9.58. The Hall–Kier alpha value is -1.06. The minimum absolute atomic E-state index is 0.263. The minimum Gasteiger partial charge on any atom is -0.355 e. The normalized spacial score (nSPS) is 39.1. The average Bonchev–Trinajstić information content (AvgIpc) is 2.76. The maximum Gasteiger partial charge on any atom is 0.226 e. The van der Waals surface area contributed by atoms with E-state index >= 15 is 0 Å². The summed E-state index contributed by atoms with van der Waals surface area (Å²) in [5.41, 5.74) is -0.526. The summed E-state index contributed by atoms with van der Waals surface area (Å²) in [6, 6.07) is 0. The fraction of sp³-hybridized carbons (Fsp3) is 0.923. The molecule has 4 nitrogen and oxygen atoms in total. The number of hydrogen-bond donors (Lipinski definition) is 2. The molecule has 0 aromatic carbocycles. The van der Waals surface area contributed by atoms with Crippen LogP contribution in [0.4, 0.5) is 0 Å². The number of rotatable bonds is 6. The minimum atomic E-state index is -0.263. The number of amides is 2. The lowest BCUT2D eigenvalue weighted by Crippen LogP contribution is -2.61. The highest BCUT2D eigenvalue weighted by molar-refractivity contribution is 5.88. The highest BCUT2D eigenvalue weighted by atomic mass is 16.2. The summed E-state index contributed by atoms with van der Waals surface area (Å²) in [6.07, 6.45) is 19.2. The summed E-state index contributed by atoms with van der Waals surface area (Å²) >= 11 is 0. The summed E-state index contributed by atoms with van der Waals surface area (Å²) < 4.78 is 0. The predicted octanol–water partition coefficient (Wildman–Crippen LogP) is 4.97. The first kappa shape index (κ1) is 20.8. The molecule has 6 fully saturated rings. The fourth-order valence-electron chi connectivity index (χ4n) is 8.43. The van der Waals surface area contributed by atoms with Gasteiger partial charge in [-0.2, -0.15) is 0 Å². The zero-order chi connectivity index (χ0) is 20.6. The van der Waals surface area contributed by atoms with E-state index in [1.807, 2.05) is 0 Å². The molecular formula is C26H42N2O2. The third kappa shape index (κ3) is 4.05. The zero-order valence-corrected chi connectivity index (χ0v) is 18.9. The van der Waals surface area contributed by atoms with Crippen molar-refractivity contribution in [3.05, 3.63) is 0 Å². The number of nitrogens with one attached hydrogen (secondary N) is 2. The van der Waals surface area contributed by atoms with Gasteiger partial charge in [0.2, 0.25) is 11.8 Å². The second-order valence-corrected chi connectivity index (χ2v) is 11.9. The molecule has 4 bridgehead atoms. The van der Waals surface area contributed by atoms with E-state index in [-0.39, 0.29) is 22.6 Å².